The molecule has 0 spiro atoms. The summed E-state index contributed by atoms with van der Waals surface area (Å²) in [5, 5.41) is 0.248. The highest BCUT2D eigenvalue weighted by Gasteiger charge is 2.37. The van der Waals surface area contributed by atoms with Gasteiger partial charge in [0.15, 0.2) is 8.32 Å². The summed E-state index contributed by atoms with van der Waals surface area (Å²) in [4.78, 5) is 0. The second-order valence-electron chi connectivity index (χ2n) is 4.92. The number of ether oxygens (including phenoxy) is 2. The molecule has 3 nitrogen and oxygen atoms in total. The maximum absolute atomic E-state index is 5.80. The summed E-state index contributed by atoms with van der Waals surface area (Å²) >= 11 is 0. The van der Waals surface area contributed by atoms with Crippen molar-refractivity contribution in [1.82, 2.24) is 0 Å². The van der Waals surface area contributed by atoms with E-state index in [1.165, 1.54) is 0 Å². The van der Waals surface area contributed by atoms with Gasteiger partial charge in [0.2, 0.25) is 0 Å². The normalized spacial score (nSPS) is 13.3. The molecule has 0 aliphatic carbocycles. The van der Waals surface area contributed by atoms with Gasteiger partial charge in [-0.2, -0.15) is 0 Å². The van der Waals surface area contributed by atoms with Gasteiger partial charge in [-0.05, 0) is 18.1 Å². The van der Waals surface area contributed by atoms with E-state index in [0.29, 0.717) is 20.0 Å². The van der Waals surface area contributed by atoms with Crippen molar-refractivity contribution in [3.63, 3.8) is 0 Å². The van der Waals surface area contributed by atoms with Crippen molar-refractivity contribution >= 4 is 8.32 Å². The zero-order valence-corrected chi connectivity index (χ0v) is 11.3. The molecule has 0 saturated heterocycles. The van der Waals surface area contributed by atoms with Crippen LogP contribution in [0.1, 0.15) is 20.8 Å². The molecule has 0 amide bonds. The van der Waals surface area contributed by atoms with E-state index < -0.39 is 8.32 Å². The molecule has 4 heteroatoms. The summed E-state index contributed by atoms with van der Waals surface area (Å²) < 4.78 is 16.0. The van der Waals surface area contributed by atoms with Crippen molar-refractivity contribution in [2.45, 2.75) is 38.9 Å². The molecule has 0 aliphatic rings. The monoisotopic (exact) mass is 220 g/mol. The number of rotatable bonds is 6. The van der Waals surface area contributed by atoms with Crippen LogP contribution >= 0.6 is 0 Å². The molecule has 0 radical (unpaired) electrons. The average Bonchev–Trinajstić information content (AvgIpc) is 2.02. The van der Waals surface area contributed by atoms with Crippen molar-refractivity contribution in [2.24, 2.45) is 0 Å². The summed E-state index contributed by atoms with van der Waals surface area (Å²) in [7, 11) is 0.0338. The van der Waals surface area contributed by atoms with E-state index in [4.69, 9.17) is 13.9 Å². The number of hydrogen-bond donors (Lipinski definition) is 0. The fourth-order valence-corrected chi connectivity index (χ4v) is 1.42. The molecular weight excluding hydrogens is 196 g/mol. The number of methoxy groups -OCH3 is 1. The Morgan fingerprint density at radius 3 is 2.07 bits per heavy atom. The molecular formula is C10H24O3Si. The zero-order chi connectivity index (χ0) is 11.2. The minimum Gasteiger partial charge on any atom is -0.395 e. The highest BCUT2D eigenvalue weighted by atomic mass is 28.4. The first-order chi connectivity index (χ1) is 6.31. The van der Waals surface area contributed by atoms with Gasteiger partial charge in [0.1, 0.15) is 6.79 Å². The van der Waals surface area contributed by atoms with Gasteiger partial charge in [-0.1, -0.05) is 20.8 Å². The summed E-state index contributed by atoms with van der Waals surface area (Å²) in [6.07, 6.45) is 0. The highest BCUT2D eigenvalue weighted by Crippen LogP contribution is 2.36. The average molecular weight is 220 g/mol. The Balaban J connectivity index is 3.67. The van der Waals surface area contributed by atoms with Gasteiger partial charge in [-0.3, -0.25) is 0 Å². The van der Waals surface area contributed by atoms with Gasteiger partial charge >= 0.3 is 0 Å². The summed E-state index contributed by atoms with van der Waals surface area (Å²) in [5.41, 5.74) is 0. The molecule has 0 aromatic rings. The molecule has 0 unspecified atom stereocenters. The molecule has 0 bridgehead atoms. The van der Waals surface area contributed by atoms with Crippen molar-refractivity contribution < 1.29 is 13.9 Å². The van der Waals surface area contributed by atoms with Crippen LogP contribution < -0.4 is 0 Å². The van der Waals surface area contributed by atoms with E-state index in [1.807, 2.05) is 0 Å². The standard InChI is InChI=1S/C10H24O3Si/c1-10(2,3)14(5,6)13-9-12-8-7-11-4/h7-9H2,1-6H3. The van der Waals surface area contributed by atoms with Crippen molar-refractivity contribution in [3.05, 3.63) is 0 Å². The lowest BCUT2D eigenvalue weighted by molar-refractivity contribution is -0.0152. The summed E-state index contributed by atoms with van der Waals surface area (Å²) in [6, 6.07) is 0. The Kier molecular flexibility index (Phi) is 5.89. The molecule has 0 saturated carbocycles. The smallest absolute Gasteiger partial charge is 0.195 e. The van der Waals surface area contributed by atoms with Crippen LogP contribution in [-0.4, -0.2) is 35.4 Å². The maximum Gasteiger partial charge on any atom is 0.195 e. The van der Waals surface area contributed by atoms with Crippen LogP contribution in [0.3, 0.4) is 0 Å². The predicted octanol–water partition coefficient (Wildman–Crippen LogP) is 2.63. The fraction of sp³-hybridized carbons (Fsp3) is 1.00. The lowest BCUT2D eigenvalue weighted by Gasteiger charge is -2.35. The quantitative estimate of drug-likeness (QED) is 0.391. The second-order valence-corrected chi connectivity index (χ2v) is 9.73. The minimum absolute atomic E-state index is 0.248. The Labute approximate surface area is 88.9 Å². The topological polar surface area (TPSA) is 27.7 Å². The van der Waals surface area contributed by atoms with E-state index >= 15 is 0 Å². The van der Waals surface area contributed by atoms with Crippen molar-refractivity contribution in [3.8, 4) is 0 Å². The van der Waals surface area contributed by atoms with E-state index in [0.717, 1.165) is 0 Å². The van der Waals surface area contributed by atoms with Crippen LogP contribution in [0.4, 0.5) is 0 Å². The lowest BCUT2D eigenvalue weighted by Crippen LogP contribution is -2.41. The van der Waals surface area contributed by atoms with Gasteiger partial charge < -0.3 is 13.9 Å². The Hall–Kier alpha value is 0.0969. The Morgan fingerprint density at radius 1 is 1.07 bits per heavy atom. The third kappa shape index (κ3) is 5.10. The van der Waals surface area contributed by atoms with Crippen LogP contribution in [-0.2, 0) is 13.9 Å². The molecule has 0 aliphatic heterocycles. The predicted molar refractivity (Wildman–Crippen MR) is 61.0 cm³/mol. The first-order valence-corrected chi connectivity index (χ1v) is 7.93. The number of hydrogen-bond acceptors (Lipinski definition) is 3. The fourth-order valence-electron chi connectivity index (χ4n) is 0.607. The maximum atomic E-state index is 5.80. The lowest BCUT2D eigenvalue weighted by atomic mass is 10.2. The van der Waals surface area contributed by atoms with Crippen LogP contribution in [0.25, 0.3) is 0 Å². The van der Waals surface area contributed by atoms with Crippen LogP contribution in [0.15, 0.2) is 0 Å². The van der Waals surface area contributed by atoms with E-state index in [-0.39, 0.29) is 5.04 Å². The first-order valence-electron chi connectivity index (χ1n) is 5.02. The highest BCUT2D eigenvalue weighted by molar-refractivity contribution is 6.74. The second kappa shape index (κ2) is 5.85. The summed E-state index contributed by atoms with van der Waals surface area (Å²) in [5.74, 6) is 0. The Morgan fingerprint density at radius 2 is 1.64 bits per heavy atom. The van der Waals surface area contributed by atoms with Gasteiger partial charge in [0.25, 0.3) is 0 Å². The van der Waals surface area contributed by atoms with Crippen molar-refractivity contribution in [1.29, 1.82) is 0 Å². The van der Waals surface area contributed by atoms with Gasteiger partial charge in [-0.25, -0.2) is 0 Å². The van der Waals surface area contributed by atoms with Gasteiger partial charge in [0.05, 0.1) is 13.2 Å². The molecule has 0 atom stereocenters. The molecule has 14 heavy (non-hydrogen) atoms. The molecule has 0 fully saturated rings. The zero-order valence-electron chi connectivity index (χ0n) is 10.3. The van der Waals surface area contributed by atoms with Gasteiger partial charge in [0, 0.05) is 7.11 Å². The van der Waals surface area contributed by atoms with E-state index in [9.17, 15) is 0 Å². The SMILES string of the molecule is COCCOCO[Si](C)(C)C(C)(C)C. The van der Waals surface area contributed by atoms with Crippen LogP contribution in [0, 0.1) is 0 Å². The van der Waals surface area contributed by atoms with E-state index in [2.05, 4.69) is 33.9 Å². The van der Waals surface area contributed by atoms with Crippen LogP contribution in [0.5, 0.6) is 0 Å². The third-order valence-corrected chi connectivity index (χ3v) is 7.19. The molecule has 0 rings (SSSR count). The molecule has 86 valence electrons. The van der Waals surface area contributed by atoms with Crippen molar-refractivity contribution in [2.75, 3.05) is 27.1 Å². The first kappa shape index (κ1) is 14.1. The van der Waals surface area contributed by atoms with E-state index in [1.54, 1.807) is 7.11 Å². The van der Waals surface area contributed by atoms with Crippen LogP contribution in [0.2, 0.25) is 18.1 Å². The molecule has 0 aromatic carbocycles. The van der Waals surface area contributed by atoms with Gasteiger partial charge in [-0.15, -0.1) is 0 Å². The summed E-state index contributed by atoms with van der Waals surface area (Å²) in [6.45, 7) is 12.7. The largest absolute Gasteiger partial charge is 0.395 e. The Bertz CT molecular complexity index is 152. The minimum atomic E-state index is -1.63. The molecule has 0 N–H and O–H groups in total. The molecule has 0 heterocycles. The third-order valence-electron chi connectivity index (χ3n) is 2.74. The molecule has 0 aromatic heterocycles.